The number of aliphatic hydroxyl groups is 1. The van der Waals surface area contributed by atoms with Gasteiger partial charge in [-0.05, 0) is 57.2 Å². The van der Waals surface area contributed by atoms with Crippen LogP contribution >= 0.6 is 0 Å². The monoisotopic (exact) mass is 314 g/mol. The lowest BCUT2D eigenvalue weighted by molar-refractivity contribution is 0.222. The van der Waals surface area contributed by atoms with Crippen molar-refractivity contribution in [1.29, 1.82) is 0 Å². The average Bonchev–Trinajstić information content (AvgIpc) is 2.43. The number of sulfone groups is 1. The van der Waals surface area contributed by atoms with E-state index in [4.69, 9.17) is 4.74 Å². The topological polar surface area (TPSA) is 63.6 Å². The highest BCUT2D eigenvalue weighted by atomic mass is 32.2. The lowest BCUT2D eigenvalue weighted by Crippen LogP contribution is -2.31. The van der Waals surface area contributed by atoms with E-state index in [0.717, 1.165) is 11.3 Å². The van der Waals surface area contributed by atoms with E-state index >= 15 is 0 Å². The second-order valence-corrected chi connectivity index (χ2v) is 9.18. The zero-order valence-corrected chi connectivity index (χ0v) is 14.1. The van der Waals surface area contributed by atoms with Crippen LogP contribution in [-0.4, -0.2) is 37.7 Å². The third kappa shape index (κ3) is 5.32. The van der Waals surface area contributed by atoms with Crippen LogP contribution in [0.1, 0.15) is 32.8 Å². The largest absolute Gasteiger partial charge is 0.497 e. The summed E-state index contributed by atoms with van der Waals surface area (Å²) >= 11 is 0. The first-order chi connectivity index (χ1) is 9.69. The molecular weight excluding hydrogens is 288 g/mol. The fourth-order valence-electron chi connectivity index (χ4n) is 1.98. The summed E-state index contributed by atoms with van der Waals surface area (Å²) < 4.78 is 28.6. The van der Waals surface area contributed by atoms with Gasteiger partial charge >= 0.3 is 0 Å². The smallest absolute Gasteiger partial charge is 0.155 e. The van der Waals surface area contributed by atoms with Crippen LogP contribution in [0.5, 0.6) is 5.75 Å². The zero-order chi connectivity index (χ0) is 16.1. The second-order valence-electron chi connectivity index (χ2n) is 6.32. The molecule has 1 rings (SSSR count). The molecule has 1 aromatic carbocycles. The van der Waals surface area contributed by atoms with Crippen molar-refractivity contribution in [2.45, 2.75) is 38.4 Å². The van der Waals surface area contributed by atoms with E-state index in [0.29, 0.717) is 12.8 Å². The van der Waals surface area contributed by atoms with Gasteiger partial charge in [0.1, 0.15) is 5.75 Å². The normalized spacial score (nSPS) is 14.0. The molecule has 0 aliphatic carbocycles. The van der Waals surface area contributed by atoms with Crippen molar-refractivity contribution in [2.75, 3.05) is 19.5 Å². The van der Waals surface area contributed by atoms with Crippen molar-refractivity contribution in [3.63, 3.8) is 0 Å². The van der Waals surface area contributed by atoms with Gasteiger partial charge in [0.05, 0.1) is 17.6 Å². The molecule has 1 unspecified atom stereocenters. The minimum absolute atomic E-state index is 0.00824. The van der Waals surface area contributed by atoms with Crippen LogP contribution in [0, 0.1) is 5.92 Å². The number of ether oxygens (including phenoxy) is 1. The molecule has 0 fully saturated rings. The summed E-state index contributed by atoms with van der Waals surface area (Å²) in [5.74, 6) is 0.850. The van der Waals surface area contributed by atoms with Gasteiger partial charge in [0.25, 0.3) is 0 Å². The zero-order valence-electron chi connectivity index (χ0n) is 13.3. The Morgan fingerprint density at radius 2 is 1.76 bits per heavy atom. The van der Waals surface area contributed by atoms with Gasteiger partial charge < -0.3 is 9.84 Å². The number of hydrogen-bond donors (Lipinski definition) is 1. The highest BCUT2D eigenvalue weighted by Crippen LogP contribution is 2.21. The van der Waals surface area contributed by atoms with Gasteiger partial charge in [-0.3, -0.25) is 0 Å². The molecule has 0 aromatic heterocycles. The van der Waals surface area contributed by atoms with Gasteiger partial charge in [-0.2, -0.15) is 0 Å². The fraction of sp³-hybridized carbons (Fsp3) is 0.625. The van der Waals surface area contributed by atoms with E-state index in [1.54, 1.807) is 27.9 Å². The first-order valence-corrected chi connectivity index (χ1v) is 8.81. The highest BCUT2D eigenvalue weighted by Gasteiger charge is 2.29. The standard InChI is InChI=1S/C16H26O4S/c1-16(2,3)21(18,19)10-9-14(12-17)11-13-5-7-15(20-4)8-6-13/h5-8,14,17H,9-12H2,1-4H3. The molecule has 0 bridgehead atoms. The van der Waals surface area contributed by atoms with E-state index in [2.05, 4.69) is 0 Å². The van der Waals surface area contributed by atoms with Gasteiger partial charge in [0, 0.05) is 6.61 Å². The van der Waals surface area contributed by atoms with Crippen LogP contribution in [0.4, 0.5) is 0 Å². The van der Waals surface area contributed by atoms with Crippen molar-refractivity contribution in [2.24, 2.45) is 5.92 Å². The Bertz CT molecular complexity index is 526. The van der Waals surface area contributed by atoms with Crippen LogP contribution in [-0.2, 0) is 16.3 Å². The lowest BCUT2D eigenvalue weighted by Gasteiger charge is -2.21. The molecule has 0 saturated carbocycles. The molecule has 21 heavy (non-hydrogen) atoms. The minimum Gasteiger partial charge on any atom is -0.497 e. The summed E-state index contributed by atoms with van der Waals surface area (Å²) in [4.78, 5) is 0. The predicted molar refractivity (Wildman–Crippen MR) is 85.4 cm³/mol. The van der Waals surface area contributed by atoms with Crippen molar-refractivity contribution < 1.29 is 18.3 Å². The molecule has 0 radical (unpaired) electrons. The second kappa shape index (κ2) is 7.27. The van der Waals surface area contributed by atoms with Crippen LogP contribution in [0.3, 0.4) is 0 Å². The fourth-order valence-corrected chi connectivity index (χ4v) is 3.24. The maximum absolute atomic E-state index is 12.1. The van der Waals surface area contributed by atoms with E-state index < -0.39 is 14.6 Å². The van der Waals surface area contributed by atoms with Crippen molar-refractivity contribution >= 4 is 9.84 Å². The van der Waals surface area contributed by atoms with Gasteiger partial charge in [-0.25, -0.2) is 8.42 Å². The third-order valence-electron chi connectivity index (χ3n) is 3.67. The Labute approximate surface area is 128 Å². The maximum Gasteiger partial charge on any atom is 0.155 e. The number of hydrogen-bond acceptors (Lipinski definition) is 4. The molecule has 0 amide bonds. The predicted octanol–water partition coefficient (Wildman–Crippen LogP) is 2.45. The number of methoxy groups -OCH3 is 1. The van der Waals surface area contributed by atoms with E-state index in [-0.39, 0.29) is 18.3 Å². The molecule has 0 spiro atoms. The Hall–Kier alpha value is -1.07. The summed E-state index contributed by atoms with van der Waals surface area (Å²) in [5, 5.41) is 9.47. The Kier molecular flexibility index (Phi) is 6.23. The van der Waals surface area contributed by atoms with Crippen molar-refractivity contribution in [1.82, 2.24) is 0 Å². The number of benzene rings is 1. The Balaban J connectivity index is 2.63. The molecular formula is C16H26O4S. The molecule has 0 saturated heterocycles. The van der Waals surface area contributed by atoms with Crippen molar-refractivity contribution in [3.05, 3.63) is 29.8 Å². The maximum atomic E-state index is 12.1. The summed E-state index contributed by atoms with van der Waals surface area (Å²) in [7, 11) is -1.52. The molecule has 5 heteroatoms. The first-order valence-electron chi connectivity index (χ1n) is 7.15. The van der Waals surface area contributed by atoms with Crippen LogP contribution in [0.2, 0.25) is 0 Å². The van der Waals surface area contributed by atoms with Gasteiger partial charge in [0.2, 0.25) is 0 Å². The Morgan fingerprint density at radius 3 is 2.19 bits per heavy atom. The number of aliphatic hydroxyl groups excluding tert-OH is 1. The SMILES string of the molecule is COc1ccc(CC(CO)CCS(=O)(=O)C(C)(C)C)cc1. The van der Waals surface area contributed by atoms with Gasteiger partial charge in [0.15, 0.2) is 9.84 Å². The first kappa shape index (κ1) is 18.0. The van der Waals surface area contributed by atoms with Gasteiger partial charge in [-0.1, -0.05) is 12.1 Å². The lowest BCUT2D eigenvalue weighted by atomic mass is 9.98. The van der Waals surface area contributed by atoms with Crippen LogP contribution in [0.25, 0.3) is 0 Å². The molecule has 0 aliphatic rings. The van der Waals surface area contributed by atoms with Crippen LogP contribution < -0.4 is 4.74 Å². The summed E-state index contributed by atoms with van der Waals surface area (Å²) in [6, 6.07) is 7.63. The number of rotatable bonds is 7. The third-order valence-corrected chi connectivity index (χ3v) is 6.31. The quantitative estimate of drug-likeness (QED) is 0.839. The Morgan fingerprint density at radius 1 is 1.19 bits per heavy atom. The van der Waals surface area contributed by atoms with Crippen LogP contribution in [0.15, 0.2) is 24.3 Å². The summed E-state index contributed by atoms with van der Waals surface area (Å²) in [5.41, 5.74) is 1.07. The summed E-state index contributed by atoms with van der Waals surface area (Å²) in [6.45, 7) is 5.12. The van der Waals surface area contributed by atoms with E-state index in [1.807, 2.05) is 24.3 Å². The van der Waals surface area contributed by atoms with E-state index in [9.17, 15) is 13.5 Å². The molecule has 1 aromatic rings. The van der Waals surface area contributed by atoms with E-state index in [1.165, 1.54) is 0 Å². The molecule has 0 aliphatic heterocycles. The molecule has 4 nitrogen and oxygen atoms in total. The molecule has 1 N–H and O–H groups in total. The molecule has 0 heterocycles. The molecule has 120 valence electrons. The highest BCUT2D eigenvalue weighted by molar-refractivity contribution is 7.92. The molecule has 1 atom stereocenters. The van der Waals surface area contributed by atoms with Crippen molar-refractivity contribution in [3.8, 4) is 5.75 Å². The average molecular weight is 314 g/mol. The summed E-state index contributed by atoms with van der Waals surface area (Å²) in [6.07, 6.45) is 1.14. The van der Waals surface area contributed by atoms with Gasteiger partial charge in [-0.15, -0.1) is 0 Å². The minimum atomic E-state index is -3.14.